The molecule has 0 unspecified atom stereocenters. The third-order valence-electron chi connectivity index (χ3n) is 6.65. The largest absolute Gasteiger partial charge is 0.504 e. The maximum Gasteiger partial charge on any atom is 0.174 e. The second-order valence-corrected chi connectivity index (χ2v) is 7.51. The molecule has 2 aliphatic heterocycles. The van der Waals surface area contributed by atoms with Crippen LogP contribution in [0.5, 0.6) is 11.5 Å². The smallest absolute Gasteiger partial charge is 0.174 e. The molecule has 1 saturated heterocycles. The van der Waals surface area contributed by atoms with Crippen molar-refractivity contribution in [2.45, 2.75) is 48.8 Å². The molecule has 6 heteroatoms. The summed E-state index contributed by atoms with van der Waals surface area (Å²) in [5.41, 5.74) is 0.556. The zero-order chi connectivity index (χ0) is 17.4. The summed E-state index contributed by atoms with van der Waals surface area (Å²) in [6.07, 6.45) is 3.07. The number of hydrogen-bond donors (Lipinski definition) is 2. The van der Waals surface area contributed by atoms with Crippen LogP contribution in [0.4, 0.5) is 0 Å². The van der Waals surface area contributed by atoms with Crippen LogP contribution in [0.15, 0.2) is 24.8 Å². The van der Waals surface area contributed by atoms with Crippen molar-refractivity contribution in [3.63, 3.8) is 0 Å². The Morgan fingerprint density at radius 3 is 3.08 bits per heavy atom. The molecule has 4 aliphatic rings. The molecule has 2 N–H and O–H groups in total. The number of ether oxygens (including phenoxy) is 2. The molecule has 2 aliphatic carbocycles. The Labute approximate surface area is 145 Å². The Bertz CT molecular complexity index is 788. The summed E-state index contributed by atoms with van der Waals surface area (Å²) in [4.78, 5) is 12.8. The van der Waals surface area contributed by atoms with E-state index in [4.69, 9.17) is 9.47 Å². The molecule has 2 fully saturated rings. The molecule has 0 radical (unpaired) electrons. The minimum atomic E-state index is -0.723. The third-order valence-corrected chi connectivity index (χ3v) is 6.65. The van der Waals surface area contributed by atoms with Gasteiger partial charge in [0, 0.05) is 18.5 Å². The molecule has 4 atom stereocenters. The van der Waals surface area contributed by atoms with Gasteiger partial charge in [-0.25, -0.2) is 0 Å². The highest BCUT2D eigenvalue weighted by Gasteiger charge is 2.74. The number of aromatic hydroxyl groups is 1. The van der Waals surface area contributed by atoms with Crippen LogP contribution in [0, 0.1) is 0 Å². The quantitative estimate of drug-likeness (QED) is 0.814. The number of hydroxylamine groups is 2. The average molecular weight is 343 g/mol. The molecule has 5 rings (SSSR count). The Hall–Kier alpha value is -1.89. The molecule has 132 valence electrons. The fourth-order valence-corrected chi connectivity index (χ4v) is 5.78. The van der Waals surface area contributed by atoms with E-state index in [0.29, 0.717) is 44.6 Å². The van der Waals surface area contributed by atoms with E-state index < -0.39 is 17.1 Å². The molecular formula is C19H21NO5. The topological polar surface area (TPSA) is 79.2 Å². The number of hydrogen-bond acceptors (Lipinski definition) is 6. The number of rotatable bonds is 3. The Morgan fingerprint density at radius 2 is 2.28 bits per heavy atom. The van der Waals surface area contributed by atoms with Crippen molar-refractivity contribution in [3.05, 3.63) is 35.9 Å². The average Bonchev–Trinajstić information content (AvgIpc) is 2.97. The molecule has 1 aromatic rings. The number of benzene rings is 1. The summed E-state index contributed by atoms with van der Waals surface area (Å²) in [7, 11) is 0. The SMILES string of the molecule is C=CCO[C@@]12CCC(=O)[C@@H]3Oc4c(O)ccc5c4[C@@]31CCN(O)[C@@H]2C5. The highest BCUT2D eigenvalue weighted by molar-refractivity contribution is 5.90. The van der Waals surface area contributed by atoms with Crippen LogP contribution in [0.25, 0.3) is 0 Å². The predicted octanol–water partition coefficient (Wildman–Crippen LogP) is 1.71. The molecule has 0 aromatic heterocycles. The van der Waals surface area contributed by atoms with Gasteiger partial charge in [0.1, 0.15) is 5.60 Å². The first kappa shape index (κ1) is 15.4. The first-order valence-corrected chi connectivity index (χ1v) is 8.80. The zero-order valence-electron chi connectivity index (χ0n) is 13.9. The molecule has 0 amide bonds. The van der Waals surface area contributed by atoms with E-state index in [1.54, 1.807) is 12.1 Å². The highest BCUT2D eigenvalue weighted by atomic mass is 16.5. The first-order valence-electron chi connectivity index (χ1n) is 8.80. The van der Waals surface area contributed by atoms with E-state index in [0.717, 1.165) is 11.1 Å². The van der Waals surface area contributed by atoms with Crippen LogP contribution >= 0.6 is 0 Å². The van der Waals surface area contributed by atoms with Crippen LogP contribution in [-0.2, 0) is 21.4 Å². The highest BCUT2D eigenvalue weighted by Crippen LogP contribution is 2.65. The number of phenols is 1. The van der Waals surface area contributed by atoms with E-state index in [-0.39, 0.29) is 17.6 Å². The van der Waals surface area contributed by atoms with Crippen LogP contribution in [0.2, 0.25) is 0 Å². The Morgan fingerprint density at radius 1 is 1.44 bits per heavy atom. The summed E-state index contributed by atoms with van der Waals surface area (Å²) in [5, 5.41) is 22.3. The van der Waals surface area contributed by atoms with Crippen molar-refractivity contribution < 1.29 is 24.6 Å². The maximum absolute atomic E-state index is 12.8. The minimum Gasteiger partial charge on any atom is -0.504 e. The van der Waals surface area contributed by atoms with Crippen molar-refractivity contribution in [2.24, 2.45) is 0 Å². The lowest BCUT2D eigenvalue weighted by Crippen LogP contribution is -2.77. The van der Waals surface area contributed by atoms with Crippen molar-refractivity contribution >= 4 is 5.78 Å². The summed E-state index contributed by atoms with van der Waals surface area (Å²) in [6.45, 7) is 4.55. The first-order chi connectivity index (χ1) is 12.0. The number of Topliss-reactive ketones (excluding diaryl/α,β-unsaturated/α-hetero) is 1. The Kier molecular flexibility index (Phi) is 2.98. The van der Waals surface area contributed by atoms with Crippen molar-refractivity contribution in [3.8, 4) is 11.5 Å². The summed E-state index contributed by atoms with van der Waals surface area (Å²) in [6, 6.07) is 3.25. The molecule has 25 heavy (non-hydrogen) atoms. The number of phenolic OH excluding ortho intramolecular Hbond substituents is 1. The van der Waals surface area contributed by atoms with Crippen LogP contribution in [0.3, 0.4) is 0 Å². The van der Waals surface area contributed by atoms with Gasteiger partial charge in [0.15, 0.2) is 23.4 Å². The number of carbonyl (C=O) groups is 1. The third kappa shape index (κ3) is 1.58. The van der Waals surface area contributed by atoms with Crippen molar-refractivity contribution in [2.75, 3.05) is 13.2 Å². The second-order valence-electron chi connectivity index (χ2n) is 7.51. The fourth-order valence-electron chi connectivity index (χ4n) is 5.78. The second kappa shape index (κ2) is 4.84. The number of carbonyl (C=O) groups excluding carboxylic acids is 1. The van der Waals surface area contributed by atoms with Crippen molar-refractivity contribution in [1.29, 1.82) is 0 Å². The van der Waals surface area contributed by atoms with E-state index in [1.165, 1.54) is 5.06 Å². The lowest BCUT2D eigenvalue weighted by molar-refractivity contribution is -0.270. The summed E-state index contributed by atoms with van der Waals surface area (Å²) in [5.74, 6) is 0.540. The van der Waals surface area contributed by atoms with Gasteiger partial charge in [-0.15, -0.1) is 6.58 Å². The predicted molar refractivity (Wildman–Crippen MR) is 87.9 cm³/mol. The van der Waals surface area contributed by atoms with Crippen molar-refractivity contribution in [1.82, 2.24) is 5.06 Å². The van der Waals surface area contributed by atoms with Gasteiger partial charge in [-0.2, -0.15) is 5.06 Å². The summed E-state index contributed by atoms with van der Waals surface area (Å²) >= 11 is 0. The lowest BCUT2D eigenvalue weighted by Gasteiger charge is -2.63. The Balaban J connectivity index is 1.82. The van der Waals surface area contributed by atoms with E-state index in [9.17, 15) is 15.1 Å². The van der Waals surface area contributed by atoms with E-state index in [1.807, 2.05) is 6.07 Å². The maximum atomic E-state index is 12.8. The molecule has 6 nitrogen and oxygen atoms in total. The lowest BCUT2D eigenvalue weighted by atomic mass is 9.49. The van der Waals surface area contributed by atoms with Gasteiger partial charge in [0.25, 0.3) is 0 Å². The number of piperidine rings is 1. The normalized spacial score (nSPS) is 38.2. The van der Waals surface area contributed by atoms with Gasteiger partial charge in [-0.3, -0.25) is 4.79 Å². The molecule has 1 spiro atoms. The summed E-state index contributed by atoms with van der Waals surface area (Å²) < 4.78 is 12.4. The standard InChI is InChI=1S/C19H21NO5/c1-2-9-24-19-6-5-13(22)17-18(19)7-8-20(23)14(19)10-11-3-4-12(21)16(25-17)15(11)18/h2-4,14,17,21,23H,1,5-10H2/t14-,17+,18+,19-/m1/s1. The number of ketones is 1. The molecular weight excluding hydrogens is 322 g/mol. The molecule has 2 heterocycles. The molecule has 1 aromatic carbocycles. The fraction of sp³-hybridized carbons (Fsp3) is 0.526. The molecule has 2 bridgehead atoms. The van der Waals surface area contributed by atoms with Gasteiger partial charge in [-0.05, 0) is 30.9 Å². The van der Waals surface area contributed by atoms with Gasteiger partial charge in [0.2, 0.25) is 0 Å². The number of nitrogens with zero attached hydrogens (tertiary/aromatic N) is 1. The van der Waals surface area contributed by atoms with Crippen LogP contribution < -0.4 is 4.74 Å². The van der Waals surface area contributed by atoms with Gasteiger partial charge in [0.05, 0.1) is 18.1 Å². The monoisotopic (exact) mass is 343 g/mol. The zero-order valence-corrected chi connectivity index (χ0v) is 13.9. The van der Waals surface area contributed by atoms with Gasteiger partial charge < -0.3 is 19.8 Å². The molecule has 1 saturated carbocycles. The minimum absolute atomic E-state index is 0.0476. The van der Waals surface area contributed by atoms with E-state index in [2.05, 4.69) is 6.58 Å². The van der Waals surface area contributed by atoms with E-state index >= 15 is 0 Å². The van der Waals surface area contributed by atoms with Crippen LogP contribution in [0.1, 0.15) is 30.4 Å². The van der Waals surface area contributed by atoms with Gasteiger partial charge in [-0.1, -0.05) is 12.1 Å². The van der Waals surface area contributed by atoms with Gasteiger partial charge >= 0.3 is 0 Å². The van der Waals surface area contributed by atoms with Crippen LogP contribution in [-0.4, -0.2) is 52.1 Å².